The fourth-order valence-electron chi connectivity index (χ4n) is 1.59. The number of carboxylic acid groups (broad SMARTS) is 1. The minimum atomic E-state index is -1.13. The number of hydrogen-bond donors (Lipinski definition) is 3. The smallest absolute Gasteiger partial charge is 0.342 e. The minimum absolute atomic E-state index is 0.00260. The maximum Gasteiger partial charge on any atom is 0.342 e. The second-order valence-corrected chi connectivity index (χ2v) is 5.59. The summed E-state index contributed by atoms with van der Waals surface area (Å²) in [6, 6.07) is 2.92. The highest BCUT2D eigenvalue weighted by Gasteiger charge is 2.14. The Bertz CT molecular complexity index is 745. The molecule has 0 amide bonds. The van der Waals surface area contributed by atoms with Crippen LogP contribution in [0.15, 0.2) is 22.2 Å². The van der Waals surface area contributed by atoms with Crippen molar-refractivity contribution in [2.45, 2.75) is 12.1 Å². The van der Waals surface area contributed by atoms with Crippen LogP contribution in [0.5, 0.6) is 11.5 Å². The Morgan fingerprint density at radius 3 is 2.77 bits per heavy atom. The predicted octanol–water partition coefficient (Wildman–Crippen LogP) is 2.70. The molecule has 0 atom stereocenters. The summed E-state index contributed by atoms with van der Waals surface area (Å²) in [6.07, 6.45) is 1.40. The van der Waals surface area contributed by atoms with Crippen LogP contribution >= 0.6 is 23.4 Å². The zero-order valence-corrected chi connectivity index (χ0v) is 13.2. The summed E-state index contributed by atoms with van der Waals surface area (Å²) in [6.45, 7) is 1.71. The molecule has 0 bridgehead atoms. The summed E-state index contributed by atoms with van der Waals surface area (Å²) >= 11 is 6.78. The van der Waals surface area contributed by atoms with Gasteiger partial charge in [0.25, 0.3) is 0 Å². The third-order valence-electron chi connectivity index (χ3n) is 2.56. The van der Waals surface area contributed by atoms with Gasteiger partial charge in [-0.05, 0) is 42.5 Å². The van der Waals surface area contributed by atoms with Gasteiger partial charge in [-0.15, -0.1) is 5.10 Å². The number of ether oxygens (including phenoxy) is 1. The molecule has 0 spiro atoms. The lowest BCUT2D eigenvalue weighted by Crippen LogP contribution is -1.97. The normalized spacial score (nSPS) is 11.5. The number of phenolic OH excluding ortho intramolecular Hbond substituents is 1. The molecule has 0 radical (unpaired) electrons. The van der Waals surface area contributed by atoms with E-state index in [-0.39, 0.29) is 21.4 Å². The number of halogens is 1. The fourth-order valence-corrected chi connectivity index (χ4v) is 2.56. The molecule has 2 rings (SSSR count). The molecular formula is C13H12ClN3O4S. The van der Waals surface area contributed by atoms with Gasteiger partial charge < -0.3 is 14.9 Å². The van der Waals surface area contributed by atoms with Crippen LogP contribution in [0, 0.1) is 6.92 Å². The topological polar surface area (TPSA) is 108 Å². The van der Waals surface area contributed by atoms with E-state index in [9.17, 15) is 15.0 Å². The summed E-state index contributed by atoms with van der Waals surface area (Å²) in [5.74, 6) is -0.588. The molecule has 9 heteroatoms. The van der Waals surface area contributed by atoms with Gasteiger partial charge in [-0.3, -0.25) is 5.10 Å². The molecule has 0 aliphatic rings. The van der Waals surface area contributed by atoms with E-state index in [1.165, 1.54) is 25.3 Å². The maximum absolute atomic E-state index is 11.4. The first-order valence-electron chi connectivity index (χ1n) is 5.99. The summed E-state index contributed by atoms with van der Waals surface area (Å²) in [5.41, 5.74) is 0.469. The lowest BCUT2D eigenvalue weighted by molar-refractivity contribution is -0.131. The number of aromatic nitrogens is 3. The maximum atomic E-state index is 11.4. The molecule has 22 heavy (non-hydrogen) atoms. The molecular weight excluding hydrogens is 330 g/mol. The first-order valence-corrected chi connectivity index (χ1v) is 7.18. The Labute approximate surface area is 135 Å². The summed E-state index contributed by atoms with van der Waals surface area (Å²) in [5, 5.41) is 25.8. The van der Waals surface area contributed by atoms with E-state index in [1.807, 2.05) is 0 Å². The van der Waals surface area contributed by atoms with Gasteiger partial charge in [0, 0.05) is 0 Å². The quantitative estimate of drug-likeness (QED) is 0.566. The molecule has 0 saturated carbocycles. The van der Waals surface area contributed by atoms with Crippen LogP contribution in [0.25, 0.3) is 6.08 Å². The standard InChI is InChI=1S/C13H12ClN3O4S/c1-6-15-13(17-16-6)22-10(12(19)20)5-7-3-8(14)11(18)9(4-7)21-2/h3-5,18H,1-2H3,(H,19,20)(H,15,16,17). The van der Waals surface area contributed by atoms with E-state index in [0.29, 0.717) is 16.5 Å². The first kappa shape index (κ1) is 16.2. The van der Waals surface area contributed by atoms with Crippen LogP contribution in [-0.4, -0.2) is 38.5 Å². The molecule has 0 aliphatic heterocycles. The molecule has 1 aromatic carbocycles. The lowest BCUT2D eigenvalue weighted by atomic mass is 10.2. The van der Waals surface area contributed by atoms with Gasteiger partial charge in [0.15, 0.2) is 11.5 Å². The molecule has 116 valence electrons. The van der Waals surface area contributed by atoms with E-state index in [1.54, 1.807) is 6.92 Å². The summed E-state index contributed by atoms with van der Waals surface area (Å²) in [4.78, 5) is 15.4. The van der Waals surface area contributed by atoms with Gasteiger partial charge in [-0.2, -0.15) is 0 Å². The van der Waals surface area contributed by atoms with Gasteiger partial charge in [0.05, 0.1) is 12.1 Å². The number of nitrogens with one attached hydrogen (secondary N) is 1. The Morgan fingerprint density at radius 2 is 2.23 bits per heavy atom. The second kappa shape index (κ2) is 6.71. The van der Waals surface area contributed by atoms with Gasteiger partial charge in [0.2, 0.25) is 5.16 Å². The Kier molecular flexibility index (Phi) is 4.94. The molecule has 0 unspecified atom stereocenters. The van der Waals surface area contributed by atoms with Crippen molar-refractivity contribution in [3.63, 3.8) is 0 Å². The van der Waals surface area contributed by atoms with E-state index < -0.39 is 5.97 Å². The number of carboxylic acids is 1. The number of aliphatic carboxylic acids is 1. The summed E-state index contributed by atoms with van der Waals surface area (Å²) < 4.78 is 4.98. The number of phenols is 1. The number of rotatable bonds is 5. The van der Waals surface area contributed by atoms with Crippen molar-refractivity contribution in [2.24, 2.45) is 0 Å². The first-order chi connectivity index (χ1) is 10.4. The van der Waals surface area contributed by atoms with E-state index in [0.717, 1.165) is 11.8 Å². The number of thioether (sulfide) groups is 1. The Morgan fingerprint density at radius 1 is 1.50 bits per heavy atom. The number of aryl methyl sites for hydroxylation is 1. The Hall–Kier alpha value is -2.19. The van der Waals surface area contributed by atoms with Crippen LogP contribution in [0.4, 0.5) is 0 Å². The van der Waals surface area contributed by atoms with Crippen molar-refractivity contribution in [1.29, 1.82) is 0 Å². The van der Waals surface area contributed by atoms with Crippen LogP contribution in [0.2, 0.25) is 5.02 Å². The molecule has 1 aromatic heterocycles. The molecule has 0 aliphatic carbocycles. The van der Waals surface area contributed by atoms with Gasteiger partial charge in [-0.25, -0.2) is 9.78 Å². The zero-order valence-electron chi connectivity index (χ0n) is 11.6. The monoisotopic (exact) mass is 341 g/mol. The number of aromatic amines is 1. The van der Waals surface area contributed by atoms with Crippen molar-refractivity contribution in [3.8, 4) is 11.5 Å². The van der Waals surface area contributed by atoms with E-state index >= 15 is 0 Å². The number of H-pyrrole nitrogens is 1. The van der Waals surface area contributed by atoms with Crippen LogP contribution in [0.1, 0.15) is 11.4 Å². The number of hydrogen-bond acceptors (Lipinski definition) is 6. The minimum Gasteiger partial charge on any atom is -0.503 e. The van der Waals surface area contributed by atoms with Crippen molar-refractivity contribution in [2.75, 3.05) is 7.11 Å². The predicted molar refractivity (Wildman–Crippen MR) is 82.3 cm³/mol. The highest BCUT2D eigenvalue weighted by Crippen LogP contribution is 2.36. The van der Waals surface area contributed by atoms with E-state index in [4.69, 9.17) is 16.3 Å². The van der Waals surface area contributed by atoms with Crippen molar-refractivity contribution in [1.82, 2.24) is 15.2 Å². The number of methoxy groups -OCH3 is 1. The molecule has 3 N–H and O–H groups in total. The van der Waals surface area contributed by atoms with Crippen LogP contribution in [-0.2, 0) is 4.79 Å². The highest BCUT2D eigenvalue weighted by molar-refractivity contribution is 8.04. The average Bonchev–Trinajstić information content (AvgIpc) is 2.87. The summed E-state index contributed by atoms with van der Waals surface area (Å²) in [7, 11) is 1.38. The number of aromatic hydroxyl groups is 1. The molecule has 0 saturated heterocycles. The second-order valence-electron chi connectivity index (χ2n) is 4.17. The Balaban J connectivity index is 2.38. The highest BCUT2D eigenvalue weighted by atomic mass is 35.5. The van der Waals surface area contributed by atoms with Gasteiger partial charge in [-0.1, -0.05) is 11.6 Å². The van der Waals surface area contributed by atoms with Crippen LogP contribution < -0.4 is 4.74 Å². The largest absolute Gasteiger partial charge is 0.503 e. The van der Waals surface area contributed by atoms with Gasteiger partial charge in [0.1, 0.15) is 10.7 Å². The molecule has 1 heterocycles. The average molecular weight is 342 g/mol. The third-order valence-corrected chi connectivity index (χ3v) is 3.72. The molecule has 0 fully saturated rings. The molecule has 2 aromatic rings. The van der Waals surface area contributed by atoms with Gasteiger partial charge >= 0.3 is 5.97 Å². The number of carbonyl (C=O) groups is 1. The number of nitrogens with zero attached hydrogens (tertiary/aromatic N) is 2. The zero-order chi connectivity index (χ0) is 16.3. The number of benzene rings is 1. The van der Waals surface area contributed by atoms with Crippen LogP contribution in [0.3, 0.4) is 0 Å². The van der Waals surface area contributed by atoms with E-state index in [2.05, 4.69) is 15.2 Å². The van der Waals surface area contributed by atoms with Crippen molar-refractivity contribution in [3.05, 3.63) is 33.4 Å². The SMILES string of the molecule is COc1cc(C=C(Sc2n[nH]c(C)n2)C(=O)O)cc(Cl)c1O. The molecule has 7 nitrogen and oxygen atoms in total. The van der Waals surface area contributed by atoms with Crippen molar-refractivity contribution < 1.29 is 19.7 Å². The fraction of sp³-hybridized carbons (Fsp3) is 0.154. The lowest BCUT2D eigenvalue weighted by Gasteiger charge is -2.07. The third kappa shape index (κ3) is 3.71. The van der Waals surface area contributed by atoms with Crippen molar-refractivity contribution >= 4 is 35.4 Å².